The highest BCUT2D eigenvalue weighted by Crippen LogP contribution is 2.22. The lowest BCUT2D eigenvalue weighted by atomic mass is 10.0. The van der Waals surface area contributed by atoms with E-state index in [1.54, 1.807) is 12.1 Å². The molecule has 4 nitrogen and oxygen atoms in total. The number of rotatable bonds is 8. The fraction of sp³-hybridized carbons (Fsp3) is 0.435. The summed E-state index contributed by atoms with van der Waals surface area (Å²) in [7, 11) is 0. The monoisotopic (exact) mass is 384 g/mol. The Hall–Kier alpha value is -2.24. The van der Waals surface area contributed by atoms with Gasteiger partial charge >= 0.3 is 0 Å². The molecule has 1 saturated heterocycles. The molecule has 150 valence electrons. The molecular weight excluding hydrogens is 355 g/mol. The summed E-state index contributed by atoms with van der Waals surface area (Å²) in [4.78, 5) is 14.7. The van der Waals surface area contributed by atoms with Crippen molar-refractivity contribution in [3.8, 4) is 0 Å². The standard InChI is InChI=1S/C23H29FN2O2/c1-18-5-9-20(10-6-18)22(26-13-15-28-16-14-26)17-25-23(27)4-2-3-19-7-11-21(24)12-8-19/h5-12,22H,2-4,13-17H2,1H3,(H,25,27). The van der Waals surface area contributed by atoms with Crippen molar-refractivity contribution in [2.75, 3.05) is 32.8 Å². The van der Waals surface area contributed by atoms with Gasteiger partial charge in [-0.1, -0.05) is 42.0 Å². The van der Waals surface area contributed by atoms with Gasteiger partial charge in [0, 0.05) is 26.1 Å². The van der Waals surface area contributed by atoms with E-state index in [0.717, 1.165) is 44.7 Å². The number of ether oxygens (including phenoxy) is 1. The topological polar surface area (TPSA) is 41.6 Å². The first kappa shape index (κ1) is 20.5. The molecule has 1 aliphatic rings. The second kappa shape index (κ2) is 10.3. The van der Waals surface area contributed by atoms with Crippen LogP contribution in [0.3, 0.4) is 0 Å². The minimum atomic E-state index is -0.230. The molecule has 0 saturated carbocycles. The van der Waals surface area contributed by atoms with Crippen molar-refractivity contribution in [1.29, 1.82) is 0 Å². The summed E-state index contributed by atoms with van der Waals surface area (Å²) in [6, 6.07) is 15.2. The van der Waals surface area contributed by atoms with E-state index in [-0.39, 0.29) is 17.8 Å². The first-order valence-corrected chi connectivity index (χ1v) is 10.0. The SMILES string of the molecule is Cc1ccc(C(CNC(=O)CCCc2ccc(F)cc2)N2CCOCC2)cc1. The molecule has 1 unspecified atom stereocenters. The molecule has 2 aromatic carbocycles. The summed E-state index contributed by atoms with van der Waals surface area (Å²) in [5.41, 5.74) is 3.51. The van der Waals surface area contributed by atoms with Crippen molar-refractivity contribution < 1.29 is 13.9 Å². The third-order valence-electron chi connectivity index (χ3n) is 5.22. The van der Waals surface area contributed by atoms with Crippen LogP contribution in [0, 0.1) is 12.7 Å². The van der Waals surface area contributed by atoms with Gasteiger partial charge in [0.05, 0.1) is 19.3 Å². The maximum absolute atomic E-state index is 13.0. The molecule has 1 aliphatic heterocycles. The lowest BCUT2D eigenvalue weighted by Crippen LogP contribution is -2.43. The number of morpholine rings is 1. The van der Waals surface area contributed by atoms with E-state index in [0.29, 0.717) is 13.0 Å². The van der Waals surface area contributed by atoms with Crippen LogP contribution >= 0.6 is 0 Å². The zero-order chi connectivity index (χ0) is 19.8. The second-order valence-corrected chi connectivity index (χ2v) is 7.36. The molecule has 3 rings (SSSR count). The van der Waals surface area contributed by atoms with Crippen molar-refractivity contribution in [3.05, 3.63) is 71.0 Å². The quantitative estimate of drug-likeness (QED) is 0.755. The normalized spacial score (nSPS) is 15.9. The molecule has 1 heterocycles. The van der Waals surface area contributed by atoms with Crippen molar-refractivity contribution in [2.45, 2.75) is 32.2 Å². The molecule has 1 amide bonds. The highest BCUT2D eigenvalue weighted by molar-refractivity contribution is 5.75. The van der Waals surface area contributed by atoms with Crippen molar-refractivity contribution >= 4 is 5.91 Å². The number of halogens is 1. The van der Waals surface area contributed by atoms with E-state index < -0.39 is 0 Å². The molecule has 2 aromatic rings. The number of nitrogens with one attached hydrogen (secondary N) is 1. The Labute approximate surface area is 166 Å². The lowest BCUT2D eigenvalue weighted by molar-refractivity contribution is -0.121. The number of aryl methyl sites for hydroxylation is 2. The number of hydrogen-bond donors (Lipinski definition) is 1. The molecular formula is C23H29FN2O2. The average molecular weight is 384 g/mol. The van der Waals surface area contributed by atoms with E-state index in [9.17, 15) is 9.18 Å². The van der Waals surface area contributed by atoms with Crippen LogP contribution in [-0.4, -0.2) is 43.7 Å². The summed E-state index contributed by atoms with van der Waals surface area (Å²) < 4.78 is 18.4. The van der Waals surface area contributed by atoms with Crippen LogP contribution in [0.4, 0.5) is 4.39 Å². The van der Waals surface area contributed by atoms with Crippen LogP contribution in [0.25, 0.3) is 0 Å². The summed E-state index contributed by atoms with van der Waals surface area (Å²) in [5, 5.41) is 3.11. The summed E-state index contributed by atoms with van der Waals surface area (Å²) in [6.45, 7) is 5.88. The molecule has 0 bridgehead atoms. The molecule has 1 N–H and O–H groups in total. The van der Waals surface area contributed by atoms with Gasteiger partial charge in [-0.2, -0.15) is 0 Å². The Morgan fingerprint density at radius 1 is 1.11 bits per heavy atom. The first-order valence-electron chi connectivity index (χ1n) is 10.0. The van der Waals surface area contributed by atoms with E-state index >= 15 is 0 Å². The number of carbonyl (C=O) groups excluding carboxylic acids is 1. The van der Waals surface area contributed by atoms with Crippen molar-refractivity contribution in [2.24, 2.45) is 0 Å². The Morgan fingerprint density at radius 3 is 2.46 bits per heavy atom. The third-order valence-corrected chi connectivity index (χ3v) is 5.22. The first-order chi connectivity index (χ1) is 13.6. The number of amides is 1. The van der Waals surface area contributed by atoms with Crippen LogP contribution in [0.2, 0.25) is 0 Å². The Kier molecular flexibility index (Phi) is 7.57. The zero-order valence-electron chi connectivity index (χ0n) is 16.5. The fourth-order valence-corrected chi connectivity index (χ4v) is 3.54. The van der Waals surface area contributed by atoms with Gasteiger partial charge in [-0.3, -0.25) is 9.69 Å². The number of benzene rings is 2. The Balaban J connectivity index is 1.51. The molecule has 28 heavy (non-hydrogen) atoms. The van der Waals surface area contributed by atoms with E-state index in [1.807, 2.05) is 0 Å². The minimum absolute atomic E-state index is 0.0625. The maximum atomic E-state index is 13.0. The van der Waals surface area contributed by atoms with Crippen LogP contribution in [0.15, 0.2) is 48.5 Å². The fourth-order valence-electron chi connectivity index (χ4n) is 3.54. The summed E-state index contributed by atoms with van der Waals surface area (Å²) in [5.74, 6) is -0.167. The smallest absolute Gasteiger partial charge is 0.220 e. The molecule has 1 atom stereocenters. The highest BCUT2D eigenvalue weighted by Gasteiger charge is 2.23. The molecule has 0 radical (unpaired) electrons. The van der Waals surface area contributed by atoms with Crippen LogP contribution in [0.1, 0.15) is 35.6 Å². The van der Waals surface area contributed by atoms with Gasteiger partial charge < -0.3 is 10.1 Å². The van der Waals surface area contributed by atoms with Crippen molar-refractivity contribution in [1.82, 2.24) is 10.2 Å². The number of carbonyl (C=O) groups is 1. The van der Waals surface area contributed by atoms with Crippen LogP contribution in [-0.2, 0) is 16.0 Å². The lowest BCUT2D eigenvalue weighted by Gasteiger charge is -2.35. The Morgan fingerprint density at radius 2 is 1.79 bits per heavy atom. The largest absolute Gasteiger partial charge is 0.379 e. The molecule has 1 fully saturated rings. The summed E-state index contributed by atoms with van der Waals surface area (Å²) >= 11 is 0. The van der Waals surface area contributed by atoms with Gasteiger partial charge in [0.25, 0.3) is 0 Å². The highest BCUT2D eigenvalue weighted by atomic mass is 19.1. The Bertz CT molecular complexity index is 740. The molecule has 0 spiro atoms. The third kappa shape index (κ3) is 6.14. The molecule has 0 aliphatic carbocycles. The van der Waals surface area contributed by atoms with E-state index in [2.05, 4.69) is 41.4 Å². The van der Waals surface area contributed by atoms with Gasteiger partial charge in [-0.25, -0.2) is 4.39 Å². The van der Waals surface area contributed by atoms with Crippen molar-refractivity contribution in [3.63, 3.8) is 0 Å². The molecule has 5 heteroatoms. The summed E-state index contributed by atoms with van der Waals surface area (Å²) in [6.07, 6.45) is 2.00. The van der Waals surface area contributed by atoms with Gasteiger partial charge in [0.2, 0.25) is 5.91 Å². The van der Waals surface area contributed by atoms with Gasteiger partial charge in [-0.15, -0.1) is 0 Å². The minimum Gasteiger partial charge on any atom is -0.379 e. The van der Waals surface area contributed by atoms with Crippen LogP contribution < -0.4 is 5.32 Å². The zero-order valence-corrected chi connectivity index (χ0v) is 16.5. The number of hydrogen-bond acceptors (Lipinski definition) is 3. The predicted octanol–water partition coefficient (Wildman–Crippen LogP) is 3.65. The predicted molar refractivity (Wildman–Crippen MR) is 109 cm³/mol. The van der Waals surface area contributed by atoms with Crippen LogP contribution in [0.5, 0.6) is 0 Å². The maximum Gasteiger partial charge on any atom is 0.220 e. The van der Waals surface area contributed by atoms with E-state index in [1.165, 1.54) is 23.3 Å². The second-order valence-electron chi connectivity index (χ2n) is 7.36. The van der Waals surface area contributed by atoms with Gasteiger partial charge in [-0.05, 0) is 43.0 Å². The van der Waals surface area contributed by atoms with Gasteiger partial charge in [0.15, 0.2) is 0 Å². The van der Waals surface area contributed by atoms with E-state index in [4.69, 9.17) is 4.74 Å². The van der Waals surface area contributed by atoms with Gasteiger partial charge in [0.1, 0.15) is 5.82 Å². The molecule has 0 aromatic heterocycles. The average Bonchev–Trinajstić information content (AvgIpc) is 2.72. The number of nitrogens with zero attached hydrogens (tertiary/aromatic N) is 1.